The molecular weight excluding hydrogens is 322 g/mol. The maximum atomic E-state index is 9.88. The van der Waals surface area contributed by atoms with E-state index in [1.807, 2.05) is 12.1 Å². The number of halogens is 1. The molecule has 1 atom stereocenters. The second-order valence-electron chi connectivity index (χ2n) is 5.58. The fourth-order valence-electron chi connectivity index (χ4n) is 2.27. The van der Waals surface area contributed by atoms with Crippen molar-refractivity contribution in [1.29, 1.82) is 0 Å². The number of hydrogen-bond donors (Lipinski definition) is 1. The second kappa shape index (κ2) is 4.86. The molecule has 2 heterocycles. The van der Waals surface area contributed by atoms with Crippen LogP contribution in [0.3, 0.4) is 0 Å². The van der Waals surface area contributed by atoms with E-state index in [1.165, 1.54) is 5.56 Å². The summed E-state index contributed by atoms with van der Waals surface area (Å²) in [6.45, 7) is 4.01. The third-order valence-corrected chi connectivity index (χ3v) is 3.81. The number of rotatable bonds is 3. The molecule has 20 heavy (non-hydrogen) atoms. The first-order chi connectivity index (χ1) is 9.41. The Morgan fingerprint density at radius 2 is 2.30 bits per heavy atom. The van der Waals surface area contributed by atoms with Crippen molar-refractivity contribution in [1.82, 2.24) is 15.0 Å². The van der Waals surface area contributed by atoms with E-state index < -0.39 is 5.60 Å². The van der Waals surface area contributed by atoms with E-state index in [1.54, 1.807) is 24.7 Å². The molecule has 5 nitrogen and oxygen atoms in total. The van der Waals surface area contributed by atoms with Crippen LogP contribution in [0, 0.1) is 0 Å². The standard InChI is InChI=1S/C14H16BrN3O2/c1-14(2,19)13-8-18(17-16-13)7-11-6-9-5-10(15)3-4-12(9)20-11/h3-5,8,11,19H,6-7H2,1-2H3. The molecule has 1 aromatic carbocycles. The van der Waals surface area contributed by atoms with Crippen LogP contribution in [0.5, 0.6) is 5.75 Å². The number of aromatic nitrogens is 3. The summed E-state index contributed by atoms with van der Waals surface area (Å²) in [7, 11) is 0. The molecule has 1 N–H and O–H groups in total. The molecule has 0 fully saturated rings. The predicted molar refractivity (Wildman–Crippen MR) is 77.5 cm³/mol. The van der Waals surface area contributed by atoms with Crippen molar-refractivity contribution in [3.05, 3.63) is 40.1 Å². The van der Waals surface area contributed by atoms with E-state index in [0.29, 0.717) is 12.2 Å². The zero-order valence-electron chi connectivity index (χ0n) is 11.4. The number of aliphatic hydroxyl groups is 1. The van der Waals surface area contributed by atoms with Gasteiger partial charge in [0.25, 0.3) is 0 Å². The number of hydrogen-bond acceptors (Lipinski definition) is 4. The van der Waals surface area contributed by atoms with Crippen LogP contribution in [0.15, 0.2) is 28.9 Å². The molecule has 2 aromatic rings. The highest BCUT2D eigenvalue weighted by molar-refractivity contribution is 9.10. The van der Waals surface area contributed by atoms with Gasteiger partial charge >= 0.3 is 0 Å². The Bertz CT molecular complexity index is 634. The summed E-state index contributed by atoms with van der Waals surface area (Å²) < 4.78 is 8.67. The maximum Gasteiger partial charge on any atom is 0.123 e. The smallest absolute Gasteiger partial charge is 0.123 e. The van der Waals surface area contributed by atoms with Gasteiger partial charge in [-0.05, 0) is 37.6 Å². The molecule has 1 unspecified atom stereocenters. The Morgan fingerprint density at radius 3 is 3.00 bits per heavy atom. The zero-order chi connectivity index (χ0) is 14.3. The van der Waals surface area contributed by atoms with Crippen molar-refractivity contribution in [3.8, 4) is 5.75 Å². The van der Waals surface area contributed by atoms with Crippen LogP contribution in [0.1, 0.15) is 25.1 Å². The van der Waals surface area contributed by atoms with Crippen molar-refractivity contribution in [2.75, 3.05) is 0 Å². The number of benzene rings is 1. The van der Waals surface area contributed by atoms with Gasteiger partial charge in [0.05, 0.1) is 12.7 Å². The minimum absolute atomic E-state index is 0.0515. The molecule has 1 aromatic heterocycles. The molecule has 0 aliphatic carbocycles. The van der Waals surface area contributed by atoms with E-state index >= 15 is 0 Å². The minimum atomic E-state index is -0.970. The van der Waals surface area contributed by atoms with Gasteiger partial charge < -0.3 is 9.84 Å². The van der Waals surface area contributed by atoms with Gasteiger partial charge in [-0.25, -0.2) is 4.68 Å². The van der Waals surface area contributed by atoms with E-state index in [-0.39, 0.29) is 6.10 Å². The summed E-state index contributed by atoms with van der Waals surface area (Å²) >= 11 is 3.47. The Labute approximate surface area is 125 Å². The van der Waals surface area contributed by atoms with Crippen LogP contribution in [-0.2, 0) is 18.6 Å². The summed E-state index contributed by atoms with van der Waals surface area (Å²) in [5, 5.41) is 17.9. The van der Waals surface area contributed by atoms with Crippen LogP contribution in [-0.4, -0.2) is 26.2 Å². The Balaban J connectivity index is 1.70. The van der Waals surface area contributed by atoms with Crippen LogP contribution in [0.4, 0.5) is 0 Å². The molecule has 0 saturated carbocycles. The summed E-state index contributed by atoms with van der Waals surface area (Å²) in [4.78, 5) is 0. The van der Waals surface area contributed by atoms with Crippen molar-refractivity contribution < 1.29 is 9.84 Å². The molecule has 0 spiro atoms. The van der Waals surface area contributed by atoms with Gasteiger partial charge in [0.15, 0.2) is 0 Å². The molecule has 106 valence electrons. The van der Waals surface area contributed by atoms with Gasteiger partial charge in [0.2, 0.25) is 0 Å². The first-order valence-corrected chi connectivity index (χ1v) is 7.29. The second-order valence-corrected chi connectivity index (χ2v) is 6.50. The highest BCUT2D eigenvalue weighted by atomic mass is 79.9. The zero-order valence-corrected chi connectivity index (χ0v) is 13.0. The lowest BCUT2D eigenvalue weighted by atomic mass is 10.1. The lowest BCUT2D eigenvalue weighted by Crippen LogP contribution is -2.21. The Hall–Kier alpha value is -1.40. The van der Waals surface area contributed by atoms with Crippen molar-refractivity contribution in [2.24, 2.45) is 0 Å². The van der Waals surface area contributed by atoms with Gasteiger partial charge in [-0.1, -0.05) is 21.1 Å². The molecule has 0 amide bonds. The fraction of sp³-hybridized carbons (Fsp3) is 0.429. The predicted octanol–water partition coefficient (Wildman–Crippen LogP) is 2.27. The molecular formula is C14H16BrN3O2. The summed E-state index contributed by atoms with van der Waals surface area (Å²) in [6.07, 6.45) is 2.67. The van der Waals surface area contributed by atoms with Crippen LogP contribution < -0.4 is 4.74 Å². The number of nitrogens with zero attached hydrogens (tertiary/aromatic N) is 3. The molecule has 1 aliphatic rings. The van der Waals surface area contributed by atoms with Crippen molar-refractivity contribution in [3.63, 3.8) is 0 Å². The lowest BCUT2D eigenvalue weighted by Gasteiger charge is -2.12. The normalized spacial score (nSPS) is 17.9. The summed E-state index contributed by atoms with van der Waals surface area (Å²) in [6, 6.07) is 6.03. The molecule has 0 saturated heterocycles. The quantitative estimate of drug-likeness (QED) is 0.933. The number of fused-ring (bicyclic) bond motifs is 1. The van der Waals surface area contributed by atoms with Crippen molar-refractivity contribution in [2.45, 2.75) is 38.5 Å². The third-order valence-electron chi connectivity index (χ3n) is 3.32. The topological polar surface area (TPSA) is 60.2 Å². The first kappa shape index (κ1) is 13.6. The van der Waals surface area contributed by atoms with Gasteiger partial charge in [-0.15, -0.1) is 5.10 Å². The highest BCUT2D eigenvalue weighted by Gasteiger charge is 2.25. The fourth-order valence-corrected chi connectivity index (χ4v) is 2.68. The van der Waals surface area contributed by atoms with E-state index in [9.17, 15) is 5.11 Å². The van der Waals surface area contributed by atoms with E-state index in [4.69, 9.17) is 4.74 Å². The van der Waals surface area contributed by atoms with E-state index in [0.717, 1.165) is 16.6 Å². The molecule has 0 bridgehead atoms. The number of ether oxygens (including phenoxy) is 1. The average molecular weight is 338 g/mol. The van der Waals surface area contributed by atoms with Crippen LogP contribution >= 0.6 is 15.9 Å². The Morgan fingerprint density at radius 1 is 1.50 bits per heavy atom. The largest absolute Gasteiger partial charge is 0.488 e. The Kier molecular flexibility index (Phi) is 3.30. The minimum Gasteiger partial charge on any atom is -0.488 e. The van der Waals surface area contributed by atoms with Gasteiger partial charge in [0, 0.05) is 10.9 Å². The monoisotopic (exact) mass is 337 g/mol. The SMILES string of the molecule is CC(C)(O)c1cn(CC2Cc3cc(Br)ccc3O2)nn1. The third kappa shape index (κ3) is 2.71. The average Bonchev–Trinajstić information content (AvgIpc) is 2.94. The van der Waals surface area contributed by atoms with Crippen molar-refractivity contribution >= 4 is 15.9 Å². The first-order valence-electron chi connectivity index (χ1n) is 6.50. The summed E-state index contributed by atoms with van der Waals surface area (Å²) in [5.41, 5.74) is 0.797. The molecule has 1 aliphatic heterocycles. The molecule has 3 rings (SSSR count). The maximum absolute atomic E-state index is 9.88. The molecule has 0 radical (unpaired) electrons. The van der Waals surface area contributed by atoms with Gasteiger partial charge in [0.1, 0.15) is 23.1 Å². The van der Waals surface area contributed by atoms with Gasteiger partial charge in [-0.3, -0.25) is 0 Å². The van der Waals surface area contributed by atoms with E-state index in [2.05, 4.69) is 32.3 Å². The lowest BCUT2D eigenvalue weighted by molar-refractivity contribution is 0.0737. The van der Waals surface area contributed by atoms with Gasteiger partial charge in [-0.2, -0.15) is 0 Å². The van der Waals surface area contributed by atoms with Crippen LogP contribution in [0.2, 0.25) is 0 Å². The highest BCUT2D eigenvalue weighted by Crippen LogP contribution is 2.31. The van der Waals surface area contributed by atoms with Crippen LogP contribution in [0.25, 0.3) is 0 Å². The summed E-state index contributed by atoms with van der Waals surface area (Å²) in [5.74, 6) is 0.932. The molecule has 6 heteroatoms.